The van der Waals surface area contributed by atoms with Crippen LogP contribution in [0.5, 0.6) is 0 Å². The van der Waals surface area contributed by atoms with Crippen molar-refractivity contribution in [1.82, 2.24) is 0 Å². The van der Waals surface area contributed by atoms with Gasteiger partial charge in [0.1, 0.15) is 5.76 Å². The van der Waals surface area contributed by atoms with Gasteiger partial charge in [-0.15, -0.1) is 0 Å². The van der Waals surface area contributed by atoms with Crippen LogP contribution in [0.2, 0.25) is 10.0 Å². The first kappa shape index (κ1) is 13.9. The maximum absolute atomic E-state index is 12.1. The molecule has 1 aromatic carbocycles. The third-order valence-electron chi connectivity index (χ3n) is 3.13. The Labute approximate surface area is 129 Å². The van der Waals surface area contributed by atoms with E-state index in [1.807, 2.05) is 0 Å². The number of aldehydes is 1. The van der Waals surface area contributed by atoms with E-state index < -0.39 is 11.7 Å². The third kappa shape index (κ3) is 2.14. The van der Waals surface area contributed by atoms with Gasteiger partial charge in [0.2, 0.25) is 0 Å². The Kier molecular flexibility index (Phi) is 3.31. The smallest absolute Gasteiger partial charge is 0.300 e. The molecule has 5 nitrogen and oxygen atoms in total. The van der Waals surface area contributed by atoms with Crippen LogP contribution in [0.1, 0.15) is 26.7 Å². The van der Waals surface area contributed by atoms with E-state index in [1.54, 1.807) is 6.07 Å². The number of anilines is 1. The van der Waals surface area contributed by atoms with Gasteiger partial charge in [-0.25, -0.2) is 0 Å². The van der Waals surface area contributed by atoms with Crippen molar-refractivity contribution >= 4 is 46.9 Å². The zero-order valence-corrected chi connectivity index (χ0v) is 11.9. The van der Waals surface area contributed by atoms with Gasteiger partial charge in [0, 0.05) is 0 Å². The lowest BCUT2D eigenvalue weighted by molar-refractivity contribution is -0.114. The topological polar surface area (TPSA) is 67.6 Å². The van der Waals surface area contributed by atoms with E-state index in [2.05, 4.69) is 0 Å². The molecular formula is C14H7Cl2NO4. The summed E-state index contributed by atoms with van der Waals surface area (Å²) in [5.41, 5.74) is 0.361. The largest absolute Gasteiger partial charge is 0.456 e. The first-order chi connectivity index (χ1) is 10.0. The van der Waals surface area contributed by atoms with Crippen molar-refractivity contribution in [3.63, 3.8) is 0 Å². The highest BCUT2D eigenvalue weighted by Crippen LogP contribution is 2.40. The van der Waals surface area contributed by atoms with Crippen molar-refractivity contribution in [2.45, 2.75) is 6.54 Å². The van der Waals surface area contributed by atoms with Gasteiger partial charge in [-0.1, -0.05) is 23.2 Å². The van der Waals surface area contributed by atoms with Gasteiger partial charge in [-0.3, -0.25) is 19.3 Å². The van der Waals surface area contributed by atoms with E-state index in [4.69, 9.17) is 27.6 Å². The van der Waals surface area contributed by atoms with Crippen LogP contribution in [0.25, 0.3) is 0 Å². The number of Topliss-reactive ketones (excluding diaryl/α,β-unsaturated/α-hetero) is 1. The number of hydrogen-bond donors (Lipinski definition) is 0. The van der Waals surface area contributed by atoms with Crippen LogP contribution in [0, 0.1) is 0 Å². The lowest BCUT2D eigenvalue weighted by atomic mass is 10.1. The number of ketones is 1. The normalized spacial score (nSPS) is 13.7. The Hall–Kier alpha value is -2.11. The second kappa shape index (κ2) is 5.02. The molecular weight excluding hydrogens is 317 g/mol. The fraction of sp³-hybridized carbons (Fsp3) is 0.0714. The summed E-state index contributed by atoms with van der Waals surface area (Å²) in [6.07, 6.45) is 0.554. The third-order valence-corrected chi connectivity index (χ3v) is 3.75. The van der Waals surface area contributed by atoms with E-state index in [0.717, 1.165) is 0 Å². The van der Waals surface area contributed by atoms with Crippen molar-refractivity contribution < 1.29 is 18.8 Å². The molecule has 1 aliphatic heterocycles. The molecule has 0 atom stereocenters. The molecule has 0 bridgehead atoms. The second-order valence-corrected chi connectivity index (χ2v) is 5.21. The number of carbonyl (C=O) groups excluding carboxylic acids is 3. The second-order valence-electron chi connectivity index (χ2n) is 4.40. The fourth-order valence-electron chi connectivity index (χ4n) is 2.20. The number of halogens is 2. The van der Waals surface area contributed by atoms with Crippen molar-refractivity contribution in [1.29, 1.82) is 0 Å². The van der Waals surface area contributed by atoms with Crippen LogP contribution in [-0.2, 0) is 11.3 Å². The van der Waals surface area contributed by atoms with Gasteiger partial charge >= 0.3 is 0 Å². The van der Waals surface area contributed by atoms with E-state index in [-0.39, 0.29) is 33.6 Å². The predicted octanol–water partition coefficient (Wildman–Crippen LogP) is 3.13. The molecule has 1 amide bonds. The molecule has 1 aromatic heterocycles. The Morgan fingerprint density at radius 3 is 2.48 bits per heavy atom. The minimum absolute atomic E-state index is 0.00846. The molecule has 1 aliphatic rings. The van der Waals surface area contributed by atoms with Gasteiger partial charge in [-0.2, -0.15) is 0 Å². The van der Waals surface area contributed by atoms with Crippen molar-refractivity contribution in [2.75, 3.05) is 4.90 Å². The molecule has 21 heavy (non-hydrogen) atoms. The number of fused-ring (bicyclic) bond motifs is 1. The SMILES string of the molecule is O=Cc1ccc(CN2C(=O)C(=O)c3c(Cl)ccc(Cl)c32)o1. The maximum Gasteiger partial charge on any atom is 0.300 e. The lowest BCUT2D eigenvalue weighted by Crippen LogP contribution is -2.29. The molecule has 2 aromatic rings. The van der Waals surface area contributed by atoms with Gasteiger partial charge in [0.15, 0.2) is 12.0 Å². The minimum Gasteiger partial charge on any atom is -0.456 e. The summed E-state index contributed by atoms with van der Waals surface area (Å²) < 4.78 is 5.21. The molecule has 7 heteroatoms. The van der Waals surface area contributed by atoms with Crippen LogP contribution < -0.4 is 4.90 Å². The summed E-state index contributed by atoms with van der Waals surface area (Å²) in [6.45, 7) is -0.00846. The highest BCUT2D eigenvalue weighted by Gasteiger charge is 2.39. The predicted molar refractivity (Wildman–Crippen MR) is 76.1 cm³/mol. The minimum atomic E-state index is -0.732. The van der Waals surface area contributed by atoms with E-state index in [9.17, 15) is 14.4 Å². The summed E-state index contributed by atoms with van der Waals surface area (Å²) in [5, 5.41) is 0.416. The standard InChI is InChI=1S/C14H7Cl2NO4/c15-9-3-4-10(16)12-11(9)13(19)14(20)17(12)5-7-1-2-8(6-18)21-7/h1-4,6H,5H2. The zero-order chi connectivity index (χ0) is 15.1. The summed E-state index contributed by atoms with van der Waals surface area (Å²) in [5.74, 6) is -0.939. The molecule has 106 valence electrons. The van der Waals surface area contributed by atoms with Crippen LogP contribution >= 0.6 is 23.2 Å². The van der Waals surface area contributed by atoms with Gasteiger partial charge in [0.05, 0.1) is 27.8 Å². The summed E-state index contributed by atoms with van der Waals surface area (Å²) in [4.78, 5) is 35.9. The number of hydrogen-bond acceptors (Lipinski definition) is 4. The van der Waals surface area contributed by atoms with Crippen molar-refractivity contribution in [2.24, 2.45) is 0 Å². The summed E-state index contributed by atoms with van der Waals surface area (Å²) >= 11 is 12.0. The van der Waals surface area contributed by atoms with Crippen LogP contribution in [0.15, 0.2) is 28.7 Å². The maximum atomic E-state index is 12.1. The average Bonchev–Trinajstić information content (AvgIpc) is 3.02. The van der Waals surface area contributed by atoms with E-state index >= 15 is 0 Å². The average molecular weight is 324 g/mol. The summed E-state index contributed by atoms with van der Waals surface area (Å²) in [7, 11) is 0. The number of benzene rings is 1. The molecule has 0 radical (unpaired) electrons. The summed E-state index contributed by atoms with van der Waals surface area (Å²) in [6, 6.07) is 6.01. The van der Waals surface area contributed by atoms with Crippen molar-refractivity contribution in [3.8, 4) is 0 Å². The van der Waals surface area contributed by atoms with Crippen LogP contribution in [-0.4, -0.2) is 18.0 Å². The zero-order valence-electron chi connectivity index (χ0n) is 10.4. The van der Waals surface area contributed by atoms with Crippen LogP contribution in [0.3, 0.4) is 0 Å². The highest BCUT2D eigenvalue weighted by atomic mass is 35.5. The molecule has 0 fully saturated rings. The lowest BCUT2D eigenvalue weighted by Gasteiger charge is -2.16. The number of furan rings is 1. The number of rotatable bonds is 3. The first-order valence-electron chi connectivity index (χ1n) is 5.91. The molecule has 3 rings (SSSR count). The Morgan fingerprint density at radius 2 is 1.81 bits per heavy atom. The van der Waals surface area contributed by atoms with Gasteiger partial charge < -0.3 is 4.42 Å². The monoisotopic (exact) mass is 323 g/mol. The quantitative estimate of drug-likeness (QED) is 0.642. The Balaban J connectivity index is 2.05. The van der Waals surface area contributed by atoms with Crippen LogP contribution in [0.4, 0.5) is 5.69 Å². The molecule has 0 aliphatic carbocycles. The number of amides is 1. The first-order valence-corrected chi connectivity index (χ1v) is 6.66. The molecule has 0 saturated carbocycles. The van der Waals surface area contributed by atoms with E-state index in [0.29, 0.717) is 12.0 Å². The molecule has 0 N–H and O–H groups in total. The molecule has 0 saturated heterocycles. The fourth-order valence-corrected chi connectivity index (χ4v) is 2.70. The van der Waals surface area contributed by atoms with Crippen molar-refractivity contribution in [3.05, 3.63) is 51.4 Å². The molecule has 0 spiro atoms. The molecule has 2 heterocycles. The Morgan fingerprint density at radius 1 is 1.10 bits per heavy atom. The van der Waals surface area contributed by atoms with Gasteiger partial charge in [-0.05, 0) is 24.3 Å². The number of nitrogens with zero attached hydrogens (tertiary/aromatic N) is 1. The highest BCUT2D eigenvalue weighted by molar-refractivity contribution is 6.56. The molecule has 0 unspecified atom stereocenters. The Bertz CT molecular complexity index is 781. The van der Waals surface area contributed by atoms with Gasteiger partial charge in [0.25, 0.3) is 11.7 Å². The number of carbonyl (C=O) groups is 3. The van der Waals surface area contributed by atoms with E-state index in [1.165, 1.54) is 23.1 Å².